The molecule has 77 heavy (non-hydrogen) atoms. The van der Waals surface area contributed by atoms with Crippen LogP contribution in [0.1, 0.15) is 33.4 Å². The Bertz CT molecular complexity index is 4110. The van der Waals surface area contributed by atoms with E-state index in [1.807, 2.05) is 0 Å². The van der Waals surface area contributed by atoms with Crippen molar-refractivity contribution in [2.75, 3.05) is 9.80 Å². The highest BCUT2D eigenvalue weighted by Crippen LogP contribution is 2.47. The van der Waals surface area contributed by atoms with Crippen molar-refractivity contribution in [3.8, 4) is 27.9 Å². The molecule has 1 aromatic heterocycles. The van der Waals surface area contributed by atoms with Gasteiger partial charge < -0.3 is 14.4 Å². The van der Waals surface area contributed by atoms with Crippen LogP contribution in [0.3, 0.4) is 0 Å². The van der Waals surface area contributed by atoms with Gasteiger partial charge in [-0.2, -0.15) is 0 Å². The number of nitrogens with zero attached hydrogens (tertiary/aromatic N) is 3. The van der Waals surface area contributed by atoms with Crippen LogP contribution in [0.2, 0.25) is 0 Å². The van der Waals surface area contributed by atoms with Crippen molar-refractivity contribution < 1.29 is 0 Å². The van der Waals surface area contributed by atoms with Crippen molar-refractivity contribution in [2.45, 2.75) is 41.5 Å². The topological polar surface area (TPSA) is 11.4 Å². The normalized spacial score (nSPS) is 12.5. The third-order valence-corrected chi connectivity index (χ3v) is 16.7. The van der Waals surface area contributed by atoms with E-state index in [9.17, 15) is 0 Å². The summed E-state index contributed by atoms with van der Waals surface area (Å²) in [5.41, 5.74) is 31.0. The molecule has 0 bridgehead atoms. The highest BCUT2D eigenvalue weighted by atomic mass is 15.2. The minimum atomic E-state index is -0.0600. The van der Waals surface area contributed by atoms with Gasteiger partial charge in [0.2, 0.25) is 6.71 Å². The van der Waals surface area contributed by atoms with Crippen molar-refractivity contribution in [1.29, 1.82) is 0 Å². The average molecular weight is 986 g/mol. The predicted octanol–water partition coefficient (Wildman–Crippen LogP) is 14.6. The van der Waals surface area contributed by atoms with Crippen LogP contribution >= 0.6 is 0 Å². The number of para-hydroxylation sites is 5. The molecule has 0 spiro atoms. The van der Waals surface area contributed by atoms with Gasteiger partial charge in [-0.1, -0.05) is 214 Å². The lowest BCUT2D eigenvalue weighted by atomic mass is 9.31. The maximum atomic E-state index is 2.62. The fraction of sp³-hybridized carbons (Fsp3) is 0.0833. The third kappa shape index (κ3) is 7.51. The number of benzene rings is 11. The quantitative estimate of drug-likeness (QED) is 0.141. The monoisotopic (exact) mass is 985 g/mol. The summed E-state index contributed by atoms with van der Waals surface area (Å²) in [5, 5.41) is 2.44. The lowest BCUT2D eigenvalue weighted by molar-refractivity contribution is 1.15. The zero-order chi connectivity index (χ0) is 52.1. The molecule has 0 saturated carbocycles. The average Bonchev–Trinajstić information content (AvgIpc) is 3.96. The Hall–Kier alpha value is -9.05. The van der Waals surface area contributed by atoms with Crippen LogP contribution in [0.15, 0.2) is 237 Å². The summed E-state index contributed by atoms with van der Waals surface area (Å²) in [6.07, 6.45) is 0. The molecule has 0 fully saturated rings. The summed E-state index contributed by atoms with van der Waals surface area (Å²) in [6.45, 7) is 13.7. The van der Waals surface area contributed by atoms with E-state index in [0.29, 0.717) is 0 Å². The standard InChI is InChI=1S/C72H57B2N3/c1-46-38-48(3)70(49(4)39-46)73(71-50(5)40-47(2)41-51(71)6)56-44-68-72-69(45-56)77(65-31-19-17-29-61(65)74(72)60-28-16-18-30-64(60)75(68)57-26-14-9-15-27-57)67-33-21-20-32-66(67)76-62-36-34-54(52-22-10-7-11-23-52)42-58(62)59-43-55(35-37-63(59)76)53-24-12-8-13-25-53/h7-45H,1-6H3. The first-order valence-electron chi connectivity index (χ1n) is 27.1. The molecule has 0 atom stereocenters. The third-order valence-electron chi connectivity index (χ3n) is 16.7. The van der Waals surface area contributed by atoms with Gasteiger partial charge in [0.05, 0.1) is 22.4 Å². The first-order valence-corrected chi connectivity index (χ1v) is 27.1. The van der Waals surface area contributed by atoms with Gasteiger partial charge in [0, 0.05) is 39.2 Å². The second kappa shape index (κ2) is 18.4. The highest BCUT2D eigenvalue weighted by Gasteiger charge is 2.45. The number of aromatic nitrogens is 1. The second-order valence-electron chi connectivity index (χ2n) is 21.6. The number of anilines is 6. The molecule has 3 nitrogen and oxygen atoms in total. The van der Waals surface area contributed by atoms with Crippen molar-refractivity contribution in [3.63, 3.8) is 0 Å². The van der Waals surface area contributed by atoms with Crippen molar-refractivity contribution in [3.05, 3.63) is 270 Å². The van der Waals surface area contributed by atoms with Crippen molar-refractivity contribution in [1.82, 2.24) is 4.57 Å². The van der Waals surface area contributed by atoms with Crippen molar-refractivity contribution >= 4 is 102 Å². The molecule has 14 rings (SSSR count). The lowest BCUT2D eigenvalue weighted by Crippen LogP contribution is -2.63. The van der Waals surface area contributed by atoms with E-state index >= 15 is 0 Å². The van der Waals surface area contributed by atoms with E-state index < -0.39 is 0 Å². The summed E-state index contributed by atoms with van der Waals surface area (Å²) < 4.78 is 2.53. The summed E-state index contributed by atoms with van der Waals surface area (Å²) in [7, 11) is 0. The van der Waals surface area contributed by atoms with E-state index in [1.54, 1.807) is 0 Å². The van der Waals surface area contributed by atoms with Crippen LogP contribution in [-0.4, -0.2) is 18.0 Å². The molecule has 12 aromatic rings. The zero-order valence-electron chi connectivity index (χ0n) is 44.5. The first-order chi connectivity index (χ1) is 37.7. The highest BCUT2D eigenvalue weighted by molar-refractivity contribution is 7.01. The van der Waals surface area contributed by atoms with E-state index in [4.69, 9.17) is 0 Å². The van der Waals surface area contributed by atoms with E-state index in [2.05, 4.69) is 292 Å². The SMILES string of the molecule is Cc1cc(C)c(B(c2cc3c4c(c2)N(c2ccccc2-n2c5ccc(-c6ccccc6)cc5c5cc(-c6ccccc6)ccc52)c2ccccc2B4c2ccccc2N3c2ccccc2)c2c(C)cc(C)cc2C)c(C)c1. The van der Waals surface area contributed by atoms with E-state index in [-0.39, 0.29) is 13.4 Å². The maximum Gasteiger partial charge on any atom is 0.252 e. The minimum absolute atomic E-state index is 0.0185. The Labute approximate surface area is 453 Å². The van der Waals surface area contributed by atoms with Gasteiger partial charge in [0.25, 0.3) is 6.71 Å². The fourth-order valence-corrected chi connectivity index (χ4v) is 13.7. The largest absolute Gasteiger partial charge is 0.311 e. The van der Waals surface area contributed by atoms with Gasteiger partial charge in [0.15, 0.2) is 0 Å². The molecule has 366 valence electrons. The van der Waals surface area contributed by atoms with Crippen LogP contribution in [0.4, 0.5) is 34.1 Å². The number of aryl methyl sites for hydroxylation is 6. The molecule has 0 amide bonds. The molecule has 0 unspecified atom stereocenters. The molecule has 2 aliphatic heterocycles. The Morgan fingerprint density at radius 1 is 0.325 bits per heavy atom. The molecular weight excluding hydrogens is 928 g/mol. The van der Waals surface area contributed by atoms with Crippen LogP contribution < -0.4 is 42.6 Å². The molecule has 0 aliphatic carbocycles. The number of hydrogen-bond donors (Lipinski definition) is 0. The van der Waals surface area contributed by atoms with Gasteiger partial charge in [-0.25, -0.2) is 0 Å². The van der Waals surface area contributed by atoms with Gasteiger partial charge in [-0.3, -0.25) is 0 Å². The summed E-state index contributed by atoms with van der Waals surface area (Å²) >= 11 is 0. The molecule has 5 heteroatoms. The lowest BCUT2D eigenvalue weighted by Gasteiger charge is -2.45. The van der Waals surface area contributed by atoms with Crippen LogP contribution in [-0.2, 0) is 0 Å². The van der Waals surface area contributed by atoms with E-state index in [0.717, 1.165) is 28.1 Å². The van der Waals surface area contributed by atoms with Crippen LogP contribution in [0.5, 0.6) is 0 Å². The minimum Gasteiger partial charge on any atom is -0.311 e. The van der Waals surface area contributed by atoms with Gasteiger partial charge >= 0.3 is 0 Å². The summed E-state index contributed by atoms with van der Waals surface area (Å²) in [4.78, 5) is 5.17. The van der Waals surface area contributed by atoms with Gasteiger partial charge in [-0.15, -0.1) is 0 Å². The number of rotatable bonds is 8. The molecule has 0 radical (unpaired) electrons. The Morgan fingerprint density at radius 2 is 0.727 bits per heavy atom. The van der Waals surface area contributed by atoms with Gasteiger partial charge in [-0.05, 0) is 153 Å². The summed E-state index contributed by atoms with van der Waals surface area (Å²) in [6, 6.07) is 88.8. The number of hydrogen-bond acceptors (Lipinski definition) is 2. The van der Waals surface area contributed by atoms with Gasteiger partial charge in [0.1, 0.15) is 0 Å². The Kier molecular flexibility index (Phi) is 11.1. The zero-order valence-corrected chi connectivity index (χ0v) is 44.5. The molecular formula is C72H57B2N3. The predicted molar refractivity (Wildman–Crippen MR) is 332 cm³/mol. The van der Waals surface area contributed by atoms with Crippen LogP contribution in [0.25, 0.3) is 49.7 Å². The Morgan fingerprint density at radius 3 is 1.22 bits per heavy atom. The molecule has 0 saturated heterocycles. The fourth-order valence-electron chi connectivity index (χ4n) is 13.7. The molecule has 11 aromatic carbocycles. The smallest absolute Gasteiger partial charge is 0.252 e. The second-order valence-corrected chi connectivity index (χ2v) is 21.6. The van der Waals surface area contributed by atoms with Crippen LogP contribution in [0, 0.1) is 41.5 Å². The maximum absolute atomic E-state index is 2.62. The number of fused-ring (bicyclic) bond motifs is 7. The molecule has 3 heterocycles. The molecule has 0 N–H and O–H groups in total. The summed E-state index contributed by atoms with van der Waals surface area (Å²) in [5.74, 6) is 0. The first kappa shape index (κ1) is 46.5. The van der Waals surface area contributed by atoms with E-state index in [1.165, 1.54) is 122 Å². The van der Waals surface area contributed by atoms with Crippen molar-refractivity contribution in [2.24, 2.45) is 0 Å². The Balaban J connectivity index is 1.09. The molecule has 2 aliphatic rings.